The highest BCUT2D eigenvalue weighted by Gasteiger charge is 2.13. The topological polar surface area (TPSA) is 97.3 Å². The van der Waals surface area contributed by atoms with Crippen LogP contribution in [0.3, 0.4) is 0 Å². The summed E-state index contributed by atoms with van der Waals surface area (Å²) in [6.45, 7) is 0.579. The van der Waals surface area contributed by atoms with Gasteiger partial charge in [-0.05, 0) is 48.4 Å². The molecule has 0 saturated heterocycles. The summed E-state index contributed by atoms with van der Waals surface area (Å²) in [5, 5.41) is 3.02. The predicted molar refractivity (Wildman–Crippen MR) is 108 cm³/mol. The number of esters is 1. The van der Waals surface area contributed by atoms with E-state index < -0.39 is 5.97 Å². The summed E-state index contributed by atoms with van der Waals surface area (Å²) in [6.07, 6.45) is 7.19. The molecule has 0 bridgehead atoms. The molecular formula is C21H21N5O3. The number of nitrogens with one attached hydrogen (secondary N) is 1. The Balaban J connectivity index is 1.57. The van der Waals surface area contributed by atoms with Crippen LogP contribution in [0.5, 0.6) is 0 Å². The van der Waals surface area contributed by atoms with Crippen molar-refractivity contribution in [2.24, 2.45) is 0 Å². The Hall–Kier alpha value is -3.81. The van der Waals surface area contributed by atoms with E-state index in [2.05, 4.69) is 25.0 Å². The second kappa shape index (κ2) is 9.41. The van der Waals surface area contributed by atoms with Crippen molar-refractivity contribution in [3.63, 3.8) is 0 Å². The fraction of sp³-hybridized carbons (Fsp3) is 0.190. The zero-order chi connectivity index (χ0) is 20.6. The molecule has 0 radical (unpaired) electrons. The van der Waals surface area contributed by atoms with Gasteiger partial charge in [0.25, 0.3) is 5.91 Å². The summed E-state index contributed by atoms with van der Waals surface area (Å²) in [4.78, 5) is 38.0. The van der Waals surface area contributed by atoms with Crippen LogP contribution in [-0.4, -0.2) is 52.4 Å². The second-order valence-corrected chi connectivity index (χ2v) is 6.32. The summed E-state index contributed by atoms with van der Waals surface area (Å²) in [5.41, 5.74) is 2.70. The number of nitrogens with zero attached hydrogens (tertiary/aromatic N) is 4. The molecule has 8 heteroatoms. The molecule has 0 fully saturated rings. The average molecular weight is 391 g/mol. The highest BCUT2D eigenvalue weighted by Crippen LogP contribution is 2.15. The molecule has 3 rings (SSSR count). The first kappa shape index (κ1) is 19.9. The third kappa shape index (κ3) is 5.35. The molecule has 8 nitrogen and oxygen atoms in total. The number of benzene rings is 1. The summed E-state index contributed by atoms with van der Waals surface area (Å²) in [5.74, 6) is -0.191. The van der Waals surface area contributed by atoms with Crippen LogP contribution in [0, 0.1) is 0 Å². The van der Waals surface area contributed by atoms with Gasteiger partial charge in [0.05, 0.1) is 18.2 Å². The minimum absolute atomic E-state index is 0.145. The standard InChI is InChI=1S/C21H21N5O3/c1-26(12-9-15-7-10-22-11-8-15)19(27)17-13-23-21(24-14-17)25-18-5-3-16(4-6-18)20(28)29-2/h3-8,10-11,13-14H,9,12H2,1-2H3,(H,23,24,25). The Bertz CT molecular complexity index is 960. The van der Waals surface area contributed by atoms with Crippen LogP contribution >= 0.6 is 0 Å². The summed E-state index contributed by atoms with van der Waals surface area (Å²) in [6, 6.07) is 10.6. The molecule has 0 aliphatic rings. The van der Waals surface area contributed by atoms with E-state index in [-0.39, 0.29) is 5.91 Å². The average Bonchev–Trinajstić information content (AvgIpc) is 2.78. The van der Waals surface area contributed by atoms with E-state index in [0.717, 1.165) is 12.0 Å². The van der Waals surface area contributed by atoms with Gasteiger partial charge in [-0.15, -0.1) is 0 Å². The first-order valence-electron chi connectivity index (χ1n) is 8.98. The van der Waals surface area contributed by atoms with E-state index in [1.54, 1.807) is 48.6 Å². The van der Waals surface area contributed by atoms with Crippen molar-refractivity contribution < 1.29 is 14.3 Å². The van der Waals surface area contributed by atoms with Gasteiger partial charge in [-0.3, -0.25) is 9.78 Å². The fourth-order valence-corrected chi connectivity index (χ4v) is 2.61. The number of hydrogen-bond acceptors (Lipinski definition) is 7. The molecule has 1 aromatic carbocycles. The van der Waals surface area contributed by atoms with Crippen molar-refractivity contribution in [3.05, 3.63) is 77.9 Å². The number of likely N-dealkylation sites (N-methyl/N-ethyl adjacent to an activating group) is 1. The van der Waals surface area contributed by atoms with Crippen LogP contribution in [0.4, 0.5) is 11.6 Å². The number of rotatable bonds is 7. The Morgan fingerprint density at radius 3 is 2.28 bits per heavy atom. The SMILES string of the molecule is COC(=O)c1ccc(Nc2ncc(C(=O)N(C)CCc3ccncc3)cn2)cc1. The zero-order valence-electron chi connectivity index (χ0n) is 16.2. The fourth-order valence-electron chi connectivity index (χ4n) is 2.61. The highest BCUT2D eigenvalue weighted by atomic mass is 16.5. The summed E-state index contributed by atoms with van der Waals surface area (Å²) < 4.78 is 4.67. The summed E-state index contributed by atoms with van der Waals surface area (Å²) >= 11 is 0. The van der Waals surface area contributed by atoms with E-state index in [1.165, 1.54) is 19.5 Å². The number of anilines is 2. The van der Waals surface area contributed by atoms with Crippen molar-refractivity contribution in [1.82, 2.24) is 19.9 Å². The van der Waals surface area contributed by atoms with Gasteiger partial charge in [0.15, 0.2) is 0 Å². The predicted octanol–water partition coefficient (Wildman–Crippen LogP) is 2.72. The maximum atomic E-state index is 12.5. The Morgan fingerprint density at radius 1 is 1.00 bits per heavy atom. The second-order valence-electron chi connectivity index (χ2n) is 6.32. The first-order valence-corrected chi connectivity index (χ1v) is 8.98. The van der Waals surface area contributed by atoms with Crippen LogP contribution in [0.15, 0.2) is 61.2 Å². The molecule has 0 atom stereocenters. The molecule has 0 aliphatic carbocycles. The molecule has 0 spiro atoms. The number of ether oxygens (including phenoxy) is 1. The van der Waals surface area contributed by atoms with Crippen LogP contribution in [0.25, 0.3) is 0 Å². The normalized spacial score (nSPS) is 10.3. The van der Waals surface area contributed by atoms with E-state index in [0.29, 0.717) is 29.3 Å². The number of carbonyl (C=O) groups is 2. The van der Waals surface area contributed by atoms with Crippen molar-refractivity contribution in [2.45, 2.75) is 6.42 Å². The molecule has 2 heterocycles. The molecule has 0 unspecified atom stereocenters. The molecule has 0 aliphatic heterocycles. The molecule has 0 saturated carbocycles. The van der Waals surface area contributed by atoms with E-state index >= 15 is 0 Å². The van der Waals surface area contributed by atoms with Gasteiger partial charge in [0, 0.05) is 44.1 Å². The van der Waals surface area contributed by atoms with Gasteiger partial charge < -0.3 is 15.0 Å². The van der Waals surface area contributed by atoms with Crippen molar-refractivity contribution in [3.8, 4) is 0 Å². The Morgan fingerprint density at radius 2 is 1.66 bits per heavy atom. The molecule has 3 aromatic rings. The van der Waals surface area contributed by atoms with E-state index in [9.17, 15) is 9.59 Å². The van der Waals surface area contributed by atoms with Gasteiger partial charge in [-0.2, -0.15) is 0 Å². The minimum atomic E-state index is -0.399. The van der Waals surface area contributed by atoms with Crippen LogP contribution < -0.4 is 5.32 Å². The molecule has 2 aromatic heterocycles. The lowest BCUT2D eigenvalue weighted by atomic mass is 10.2. The molecule has 1 N–H and O–H groups in total. The number of amides is 1. The van der Waals surface area contributed by atoms with Gasteiger partial charge in [0.1, 0.15) is 0 Å². The van der Waals surface area contributed by atoms with Crippen LogP contribution in [0.1, 0.15) is 26.3 Å². The van der Waals surface area contributed by atoms with E-state index in [4.69, 9.17) is 0 Å². The van der Waals surface area contributed by atoms with Gasteiger partial charge in [-0.1, -0.05) is 0 Å². The lowest BCUT2D eigenvalue weighted by Gasteiger charge is -2.17. The van der Waals surface area contributed by atoms with Crippen molar-refractivity contribution in [1.29, 1.82) is 0 Å². The lowest BCUT2D eigenvalue weighted by molar-refractivity contribution is 0.0600. The van der Waals surface area contributed by atoms with Gasteiger partial charge in [-0.25, -0.2) is 14.8 Å². The first-order chi connectivity index (χ1) is 14.1. The number of aromatic nitrogens is 3. The Labute approximate surface area is 168 Å². The van der Waals surface area contributed by atoms with Gasteiger partial charge >= 0.3 is 5.97 Å². The minimum Gasteiger partial charge on any atom is -0.465 e. The number of carbonyl (C=O) groups excluding carboxylic acids is 2. The summed E-state index contributed by atoms with van der Waals surface area (Å²) in [7, 11) is 3.08. The number of pyridine rings is 1. The third-order valence-electron chi connectivity index (χ3n) is 4.29. The number of hydrogen-bond donors (Lipinski definition) is 1. The van der Waals surface area contributed by atoms with Crippen molar-refractivity contribution >= 4 is 23.5 Å². The van der Waals surface area contributed by atoms with Crippen molar-refractivity contribution in [2.75, 3.05) is 26.0 Å². The van der Waals surface area contributed by atoms with E-state index in [1.807, 2.05) is 12.1 Å². The smallest absolute Gasteiger partial charge is 0.337 e. The monoisotopic (exact) mass is 391 g/mol. The Kier molecular flexibility index (Phi) is 6.47. The molecule has 29 heavy (non-hydrogen) atoms. The largest absolute Gasteiger partial charge is 0.465 e. The third-order valence-corrected chi connectivity index (χ3v) is 4.29. The molecular weight excluding hydrogens is 370 g/mol. The maximum Gasteiger partial charge on any atom is 0.337 e. The maximum absolute atomic E-state index is 12.5. The highest BCUT2D eigenvalue weighted by molar-refractivity contribution is 5.93. The van der Waals surface area contributed by atoms with Crippen LogP contribution in [0.2, 0.25) is 0 Å². The lowest BCUT2D eigenvalue weighted by Crippen LogP contribution is -2.29. The van der Waals surface area contributed by atoms with Crippen LogP contribution in [-0.2, 0) is 11.2 Å². The van der Waals surface area contributed by atoms with Gasteiger partial charge in [0.2, 0.25) is 5.95 Å². The molecule has 1 amide bonds. The molecule has 148 valence electrons. The quantitative estimate of drug-likeness (QED) is 0.619. The zero-order valence-corrected chi connectivity index (χ0v) is 16.2. The number of methoxy groups -OCH3 is 1.